The molecule has 2 unspecified atom stereocenters. The van der Waals surface area contributed by atoms with Crippen molar-refractivity contribution in [1.29, 1.82) is 0 Å². The average Bonchev–Trinajstić information content (AvgIpc) is 2.31. The van der Waals surface area contributed by atoms with Crippen molar-refractivity contribution in [3.63, 3.8) is 0 Å². The van der Waals surface area contributed by atoms with Gasteiger partial charge in [-0.3, -0.25) is 0 Å². The molecule has 3 heteroatoms. The summed E-state index contributed by atoms with van der Waals surface area (Å²) in [6.07, 6.45) is 1.15. The maximum atomic E-state index is 5.94. The molecule has 0 saturated carbocycles. The van der Waals surface area contributed by atoms with E-state index in [2.05, 4.69) is 24.4 Å². The van der Waals surface area contributed by atoms with Crippen molar-refractivity contribution < 1.29 is 4.74 Å². The predicted molar refractivity (Wildman–Crippen MR) is 71.7 cm³/mol. The number of benzene rings is 1. The second kappa shape index (κ2) is 5.38. The molecule has 1 saturated heterocycles. The van der Waals surface area contributed by atoms with E-state index in [4.69, 9.17) is 16.3 Å². The van der Waals surface area contributed by atoms with Crippen molar-refractivity contribution in [1.82, 2.24) is 5.32 Å². The van der Waals surface area contributed by atoms with E-state index >= 15 is 0 Å². The highest BCUT2D eigenvalue weighted by Crippen LogP contribution is 2.40. The Morgan fingerprint density at radius 1 is 1.41 bits per heavy atom. The Balaban J connectivity index is 2.24. The molecule has 0 aliphatic carbocycles. The molecule has 1 heterocycles. The van der Waals surface area contributed by atoms with E-state index in [0.29, 0.717) is 5.92 Å². The van der Waals surface area contributed by atoms with Gasteiger partial charge in [-0.05, 0) is 30.7 Å². The summed E-state index contributed by atoms with van der Waals surface area (Å²) in [7, 11) is 1.78. The first kappa shape index (κ1) is 12.9. The standard InChI is InChI=1S/C14H20ClNO/c1-14(10-17-2)7-8-16-9-13(14)11-3-5-12(15)6-4-11/h3-6,13,16H,7-10H2,1-2H3. The second-order valence-electron chi connectivity index (χ2n) is 5.15. The minimum atomic E-state index is 0.216. The molecule has 1 N–H and O–H groups in total. The molecule has 0 amide bonds. The highest BCUT2D eigenvalue weighted by Gasteiger charge is 2.37. The van der Waals surface area contributed by atoms with Gasteiger partial charge in [0.1, 0.15) is 0 Å². The fourth-order valence-electron chi connectivity index (χ4n) is 2.76. The number of rotatable bonds is 3. The Morgan fingerprint density at radius 2 is 2.12 bits per heavy atom. The number of hydrogen-bond acceptors (Lipinski definition) is 2. The summed E-state index contributed by atoms with van der Waals surface area (Å²) in [6.45, 7) is 5.21. The van der Waals surface area contributed by atoms with Gasteiger partial charge in [-0.2, -0.15) is 0 Å². The Morgan fingerprint density at radius 3 is 2.76 bits per heavy atom. The molecule has 1 aliphatic rings. The summed E-state index contributed by atoms with van der Waals surface area (Å²) in [5.74, 6) is 0.494. The topological polar surface area (TPSA) is 21.3 Å². The lowest BCUT2D eigenvalue weighted by atomic mass is 9.70. The van der Waals surface area contributed by atoms with Crippen molar-refractivity contribution in [3.8, 4) is 0 Å². The van der Waals surface area contributed by atoms with E-state index < -0.39 is 0 Å². The van der Waals surface area contributed by atoms with Gasteiger partial charge in [0.05, 0.1) is 6.61 Å². The van der Waals surface area contributed by atoms with Gasteiger partial charge in [0.15, 0.2) is 0 Å². The Kier molecular flexibility index (Phi) is 4.08. The molecule has 2 nitrogen and oxygen atoms in total. The van der Waals surface area contributed by atoms with Gasteiger partial charge in [-0.15, -0.1) is 0 Å². The van der Waals surface area contributed by atoms with Crippen molar-refractivity contribution in [3.05, 3.63) is 34.9 Å². The highest BCUT2D eigenvalue weighted by atomic mass is 35.5. The maximum Gasteiger partial charge on any atom is 0.0522 e. The van der Waals surface area contributed by atoms with Crippen molar-refractivity contribution in [2.75, 3.05) is 26.8 Å². The zero-order chi connectivity index (χ0) is 12.3. The van der Waals surface area contributed by atoms with Gasteiger partial charge in [0.2, 0.25) is 0 Å². The first-order valence-corrected chi connectivity index (χ1v) is 6.49. The van der Waals surface area contributed by atoms with Crippen LogP contribution < -0.4 is 5.32 Å². The van der Waals surface area contributed by atoms with E-state index in [1.165, 1.54) is 5.56 Å². The molecule has 0 spiro atoms. The minimum absolute atomic E-state index is 0.216. The monoisotopic (exact) mass is 253 g/mol. The van der Waals surface area contributed by atoms with Crippen LogP contribution in [0.5, 0.6) is 0 Å². The zero-order valence-corrected chi connectivity index (χ0v) is 11.3. The van der Waals surface area contributed by atoms with Gasteiger partial charge in [0, 0.05) is 30.0 Å². The summed E-state index contributed by atoms with van der Waals surface area (Å²) in [5.41, 5.74) is 1.56. The summed E-state index contributed by atoms with van der Waals surface area (Å²) in [6, 6.07) is 8.21. The van der Waals surface area contributed by atoms with Gasteiger partial charge in [0.25, 0.3) is 0 Å². The second-order valence-corrected chi connectivity index (χ2v) is 5.58. The third kappa shape index (κ3) is 2.82. The smallest absolute Gasteiger partial charge is 0.0522 e. The molecule has 0 bridgehead atoms. The highest BCUT2D eigenvalue weighted by molar-refractivity contribution is 6.30. The third-order valence-corrected chi connectivity index (χ3v) is 4.06. The van der Waals surface area contributed by atoms with Crippen LogP contribution in [-0.2, 0) is 4.74 Å². The number of nitrogens with one attached hydrogen (secondary N) is 1. The molecular formula is C14H20ClNO. The molecule has 2 rings (SSSR count). The van der Waals surface area contributed by atoms with Crippen LogP contribution >= 0.6 is 11.6 Å². The Hall–Kier alpha value is -0.570. The largest absolute Gasteiger partial charge is 0.384 e. The first-order valence-electron chi connectivity index (χ1n) is 6.11. The van der Waals surface area contributed by atoms with Crippen molar-refractivity contribution in [2.45, 2.75) is 19.3 Å². The fraction of sp³-hybridized carbons (Fsp3) is 0.571. The Labute approximate surface area is 108 Å². The normalized spacial score (nSPS) is 29.2. The van der Waals surface area contributed by atoms with E-state index in [1.54, 1.807) is 7.11 Å². The number of ether oxygens (including phenoxy) is 1. The quantitative estimate of drug-likeness (QED) is 0.894. The van der Waals surface area contributed by atoms with Gasteiger partial charge >= 0.3 is 0 Å². The zero-order valence-electron chi connectivity index (χ0n) is 10.5. The van der Waals surface area contributed by atoms with Crippen LogP contribution in [0.25, 0.3) is 0 Å². The maximum absolute atomic E-state index is 5.94. The van der Waals surface area contributed by atoms with Crippen LogP contribution in [0, 0.1) is 5.41 Å². The summed E-state index contributed by atoms with van der Waals surface area (Å²) in [4.78, 5) is 0. The van der Waals surface area contributed by atoms with Gasteiger partial charge in [-0.1, -0.05) is 30.7 Å². The van der Waals surface area contributed by atoms with Crippen LogP contribution in [0.3, 0.4) is 0 Å². The molecule has 1 aliphatic heterocycles. The van der Waals surface area contributed by atoms with E-state index in [-0.39, 0.29) is 5.41 Å². The number of methoxy groups -OCH3 is 1. The molecule has 94 valence electrons. The average molecular weight is 254 g/mol. The van der Waals surface area contributed by atoms with Crippen molar-refractivity contribution >= 4 is 11.6 Å². The first-order chi connectivity index (χ1) is 8.15. The molecule has 1 aromatic carbocycles. The van der Waals surface area contributed by atoms with Crippen LogP contribution in [0.1, 0.15) is 24.8 Å². The van der Waals surface area contributed by atoms with Gasteiger partial charge < -0.3 is 10.1 Å². The molecule has 17 heavy (non-hydrogen) atoms. The van der Waals surface area contributed by atoms with E-state index in [1.807, 2.05) is 12.1 Å². The van der Waals surface area contributed by atoms with Crippen LogP contribution in [0.15, 0.2) is 24.3 Å². The summed E-state index contributed by atoms with van der Waals surface area (Å²) < 4.78 is 5.41. The predicted octanol–water partition coefficient (Wildman–Crippen LogP) is 3.07. The number of hydrogen-bond donors (Lipinski definition) is 1. The molecule has 0 aromatic heterocycles. The van der Waals surface area contributed by atoms with Gasteiger partial charge in [-0.25, -0.2) is 0 Å². The molecule has 0 radical (unpaired) electrons. The van der Waals surface area contributed by atoms with E-state index in [9.17, 15) is 0 Å². The molecule has 1 aromatic rings. The van der Waals surface area contributed by atoms with E-state index in [0.717, 1.165) is 31.1 Å². The molecule has 1 fully saturated rings. The lowest BCUT2D eigenvalue weighted by Gasteiger charge is -2.41. The molecule has 2 atom stereocenters. The number of halogens is 1. The lowest BCUT2D eigenvalue weighted by Crippen LogP contribution is -2.44. The summed E-state index contributed by atoms with van der Waals surface area (Å²) >= 11 is 5.94. The summed E-state index contributed by atoms with van der Waals surface area (Å²) in [5, 5.41) is 4.27. The van der Waals surface area contributed by atoms with Crippen LogP contribution in [0.2, 0.25) is 5.02 Å². The minimum Gasteiger partial charge on any atom is -0.384 e. The fourth-order valence-corrected chi connectivity index (χ4v) is 2.88. The lowest BCUT2D eigenvalue weighted by molar-refractivity contribution is 0.0509. The molecular weight excluding hydrogens is 234 g/mol. The number of piperidine rings is 1. The Bertz CT molecular complexity index is 361. The van der Waals surface area contributed by atoms with Crippen LogP contribution in [-0.4, -0.2) is 26.8 Å². The SMILES string of the molecule is COCC1(C)CCNCC1c1ccc(Cl)cc1. The third-order valence-electron chi connectivity index (χ3n) is 3.81. The van der Waals surface area contributed by atoms with Crippen LogP contribution in [0.4, 0.5) is 0 Å². The van der Waals surface area contributed by atoms with Crippen molar-refractivity contribution in [2.24, 2.45) is 5.41 Å².